The highest BCUT2D eigenvalue weighted by Gasteiger charge is 2.23. The highest BCUT2D eigenvalue weighted by molar-refractivity contribution is 5.15. The van der Waals surface area contributed by atoms with E-state index in [-0.39, 0.29) is 0 Å². The first-order chi connectivity index (χ1) is 9.90. The number of piperidine rings is 1. The lowest BCUT2D eigenvalue weighted by Gasteiger charge is -2.35. The number of benzene rings is 1. The van der Waals surface area contributed by atoms with E-state index in [1.807, 2.05) is 0 Å². The zero-order valence-electron chi connectivity index (χ0n) is 12.5. The van der Waals surface area contributed by atoms with E-state index < -0.39 is 0 Å². The Morgan fingerprint density at radius 3 is 2.50 bits per heavy atom. The number of hydrogen-bond donors (Lipinski definition) is 0. The molecular formula is C18H27NO. The second-order valence-electron chi connectivity index (χ2n) is 6.52. The van der Waals surface area contributed by atoms with Gasteiger partial charge in [-0.15, -0.1) is 0 Å². The summed E-state index contributed by atoms with van der Waals surface area (Å²) in [6.07, 6.45) is 6.62. The van der Waals surface area contributed by atoms with E-state index >= 15 is 0 Å². The molecule has 0 spiro atoms. The van der Waals surface area contributed by atoms with Gasteiger partial charge < -0.3 is 9.64 Å². The summed E-state index contributed by atoms with van der Waals surface area (Å²) in [7, 11) is 0. The van der Waals surface area contributed by atoms with Crippen LogP contribution >= 0.6 is 0 Å². The van der Waals surface area contributed by atoms with Crippen LogP contribution in [0.15, 0.2) is 30.3 Å². The molecule has 0 aliphatic carbocycles. The molecule has 1 aromatic carbocycles. The number of hydrogen-bond acceptors (Lipinski definition) is 2. The van der Waals surface area contributed by atoms with E-state index in [1.165, 1.54) is 57.3 Å². The van der Waals surface area contributed by atoms with Crippen molar-refractivity contribution in [3.05, 3.63) is 35.9 Å². The fourth-order valence-electron chi connectivity index (χ4n) is 3.64. The molecule has 2 aliphatic rings. The van der Waals surface area contributed by atoms with E-state index in [9.17, 15) is 0 Å². The summed E-state index contributed by atoms with van der Waals surface area (Å²) in [4.78, 5) is 2.67. The normalized spacial score (nSPS) is 25.7. The molecule has 2 fully saturated rings. The summed E-state index contributed by atoms with van der Waals surface area (Å²) in [6.45, 7) is 5.81. The Bertz CT molecular complexity index is 378. The molecule has 0 bridgehead atoms. The quantitative estimate of drug-likeness (QED) is 0.834. The van der Waals surface area contributed by atoms with Gasteiger partial charge in [0.25, 0.3) is 0 Å². The van der Waals surface area contributed by atoms with Crippen molar-refractivity contribution in [2.45, 2.75) is 32.1 Å². The van der Waals surface area contributed by atoms with Crippen molar-refractivity contribution in [2.24, 2.45) is 11.8 Å². The third kappa shape index (κ3) is 4.07. The second kappa shape index (κ2) is 7.24. The Morgan fingerprint density at radius 1 is 1.00 bits per heavy atom. The molecule has 2 heteroatoms. The summed E-state index contributed by atoms with van der Waals surface area (Å²) in [5.41, 5.74) is 1.51. The fourth-order valence-corrected chi connectivity index (χ4v) is 3.64. The highest BCUT2D eigenvalue weighted by Crippen LogP contribution is 2.23. The molecular weight excluding hydrogens is 246 g/mol. The maximum Gasteiger partial charge on any atom is 0.0506 e. The molecule has 1 aromatic rings. The molecule has 0 aromatic heterocycles. The van der Waals surface area contributed by atoms with Crippen molar-refractivity contribution < 1.29 is 4.74 Å². The van der Waals surface area contributed by atoms with Crippen LogP contribution in [-0.2, 0) is 11.2 Å². The Hall–Kier alpha value is -0.860. The standard InChI is InChI=1S/C18H27NO/c1-2-5-16(6-3-1)13-17-8-10-19(11-9-17)14-18-7-4-12-20-15-18/h1-3,5-6,17-18H,4,7-15H2. The fraction of sp³-hybridized carbons (Fsp3) is 0.667. The average molecular weight is 273 g/mol. The number of ether oxygens (including phenoxy) is 1. The van der Waals surface area contributed by atoms with Gasteiger partial charge in [-0.05, 0) is 62.6 Å². The van der Waals surface area contributed by atoms with Gasteiger partial charge in [0, 0.05) is 13.2 Å². The Labute approximate surface area is 123 Å². The van der Waals surface area contributed by atoms with Crippen molar-refractivity contribution in [2.75, 3.05) is 32.8 Å². The lowest BCUT2D eigenvalue weighted by molar-refractivity contribution is 0.0327. The molecule has 2 nitrogen and oxygen atoms in total. The van der Waals surface area contributed by atoms with Crippen LogP contribution in [0.25, 0.3) is 0 Å². The molecule has 2 heterocycles. The molecule has 2 aliphatic heterocycles. The van der Waals surface area contributed by atoms with Crippen molar-refractivity contribution in [1.29, 1.82) is 0 Å². The van der Waals surface area contributed by atoms with Crippen LogP contribution < -0.4 is 0 Å². The molecule has 1 atom stereocenters. The van der Waals surface area contributed by atoms with Crippen LogP contribution in [0.4, 0.5) is 0 Å². The van der Waals surface area contributed by atoms with Crippen LogP contribution in [-0.4, -0.2) is 37.7 Å². The minimum absolute atomic E-state index is 0.787. The molecule has 0 saturated carbocycles. The lowest BCUT2D eigenvalue weighted by Crippen LogP contribution is -2.39. The van der Waals surface area contributed by atoms with E-state index in [1.54, 1.807) is 0 Å². The second-order valence-corrected chi connectivity index (χ2v) is 6.52. The predicted molar refractivity (Wildman–Crippen MR) is 82.9 cm³/mol. The third-order valence-electron chi connectivity index (χ3n) is 4.85. The number of rotatable bonds is 4. The first kappa shape index (κ1) is 14.1. The topological polar surface area (TPSA) is 12.5 Å². The van der Waals surface area contributed by atoms with Crippen molar-refractivity contribution >= 4 is 0 Å². The summed E-state index contributed by atoms with van der Waals surface area (Å²) in [6, 6.07) is 11.0. The van der Waals surface area contributed by atoms with E-state index in [4.69, 9.17) is 4.74 Å². The summed E-state index contributed by atoms with van der Waals surface area (Å²) < 4.78 is 5.60. The molecule has 0 radical (unpaired) electrons. The molecule has 2 saturated heterocycles. The molecule has 3 rings (SSSR count). The van der Waals surface area contributed by atoms with Crippen LogP contribution in [0.3, 0.4) is 0 Å². The van der Waals surface area contributed by atoms with Gasteiger partial charge in [0.05, 0.1) is 6.61 Å². The van der Waals surface area contributed by atoms with E-state index in [2.05, 4.69) is 35.2 Å². The molecule has 110 valence electrons. The maximum absolute atomic E-state index is 5.60. The van der Waals surface area contributed by atoms with Crippen LogP contribution in [0, 0.1) is 11.8 Å². The van der Waals surface area contributed by atoms with Gasteiger partial charge >= 0.3 is 0 Å². The third-order valence-corrected chi connectivity index (χ3v) is 4.85. The number of nitrogens with zero attached hydrogens (tertiary/aromatic N) is 1. The summed E-state index contributed by atoms with van der Waals surface area (Å²) >= 11 is 0. The monoisotopic (exact) mass is 273 g/mol. The van der Waals surface area contributed by atoms with Gasteiger partial charge in [-0.2, -0.15) is 0 Å². The van der Waals surface area contributed by atoms with Crippen molar-refractivity contribution in [3.8, 4) is 0 Å². The molecule has 0 amide bonds. The molecule has 1 unspecified atom stereocenters. The van der Waals surface area contributed by atoms with Gasteiger partial charge in [-0.25, -0.2) is 0 Å². The summed E-state index contributed by atoms with van der Waals surface area (Å²) in [5.74, 6) is 1.67. The first-order valence-electron chi connectivity index (χ1n) is 8.24. The van der Waals surface area contributed by atoms with Crippen LogP contribution in [0.1, 0.15) is 31.2 Å². The lowest BCUT2D eigenvalue weighted by atomic mass is 9.89. The number of likely N-dealkylation sites (tertiary alicyclic amines) is 1. The molecule has 20 heavy (non-hydrogen) atoms. The smallest absolute Gasteiger partial charge is 0.0506 e. The van der Waals surface area contributed by atoms with Crippen LogP contribution in [0.2, 0.25) is 0 Å². The minimum atomic E-state index is 0.787. The van der Waals surface area contributed by atoms with Gasteiger partial charge in [-0.1, -0.05) is 30.3 Å². The first-order valence-corrected chi connectivity index (χ1v) is 8.24. The van der Waals surface area contributed by atoms with E-state index in [0.29, 0.717) is 0 Å². The zero-order chi connectivity index (χ0) is 13.6. The van der Waals surface area contributed by atoms with Crippen LogP contribution in [0.5, 0.6) is 0 Å². The van der Waals surface area contributed by atoms with Gasteiger partial charge in [0.15, 0.2) is 0 Å². The van der Waals surface area contributed by atoms with Gasteiger partial charge in [0.1, 0.15) is 0 Å². The summed E-state index contributed by atoms with van der Waals surface area (Å²) in [5, 5.41) is 0. The van der Waals surface area contributed by atoms with Crippen molar-refractivity contribution in [1.82, 2.24) is 4.90 Å². The minimum Gasteiger partial charge on any atom is -0.381 e. The Kier molecular flexibility index (Phi) is 5.10. The van der Waals surface area contributed by atoms with E-state index in [0.717, 1.165) is 25.0 Å². The zero-order valence-corrected chi connectivity index (χ0v) is 12.5. The maximum atomic E-state index is 5.60. The predicted octanol–water partition coefficient (Wildman–Crippen LogP) is 3.37. The molecule has 0 N–H and O–H groups in total. The SMILES string of the molecule is c1ccc(CC2CCN(CC3CCCOC3)CC2)cc1. The van der Waals surface area contributed by atoms with Gasteiger partial charge in [-0.3, -0.25) is 0 Å². The largest absolute Gasteiger partial charge is 0.381 e. The Morgan fingerprint density at radius 2 is 1.80 bits per heavy atom. The highest BCUT2D eigenvalue weighted by atomic mass is 16.5. The van der Waals surface area contributed by atoms with Crippen molar-refractivity contribution in [3.63, 3.8) is 0 Å². The van der Waals surface area contributed by atoms with Gasteiger partial charge in [0.2, 0.25) is 0 Å². The average Bonchev–Trinajstić information content (AvgIpc) is 2.51. The Balaban J connectivity index is 1.40.